The molecule has 2 N–H and O–H groups in total. The minimum atomic E-state index is -0.423. The molecule has 100 valence electrons. The highest BCUT2D eigenvalue weighted by atomic mass is 16.5. The molecule has 1 aromatic carbocycles. The Hall–Kier alpha value is -2.37. The molecule has 6 heteroatoms. The average Bonchev–Trinajstić information content (AvgIpc) is 2.45. The lowest BCUT2D eigenvalue weighted by molar-refractivity contribution is 0.269. The second-order valence-corrected chi connectivity index (χ2v) is 4.07. The fraction of sp³-hybridized carbons (Fsp3) is 0.308. The van der Waals surface area contributed by atoms with Crippen molar-refractivity contribution in [2.45, 2.75) is 19.8 Å². The lowest BCUT2D eigenvalue weighted by atomic mass is 10.2. The van der Waals surface area contributed by atoms with E-state index < -0.39 is 5.56 Å². The van der Waals surface area contributed by atoms with E-state index in [9.17, 15) is 4.79 Å². The first-order valence-electron chi connectivity index (χ1n) is 6.17. The summed E-state index contributed by atoms with van der Waals surface area (Å²) >= 11 is 0. The minimum Gasteiger partial charge on any atom is -0.462 e. The monoisotopic (exact) mass is 260 g/mol. The molecular formula is C13H16N4O2. The first-order chi connectivity index (χ1) is 9.24. The Labute approximate surface area is 110 Å². The molecule has 0 aliphatic carbocycles. The molecule has 0 fully saturated rings. The van der Waals surface area contributed by atoms with Crippen LogP contribution in [0.15, 0.2) is 35.1 Å². The van der Waals surface area contributed by atoms with Gasteiger partial charge in [0, 0.05) is 5.56 Å². The van der Waals surface area contributed by atoms with Gasteiger partial charge < -0.3 is 10.6 Å². The summed E-state index contributed by atoms with van der Waals surface area (Å²) in [7, 11) is 0. The van der Waals surface area contributed by atoms with Crippen LogP contribution in [-0.4, -0.2) is 21.5 Å². The SMILES string of the molecule is CCCCOc1nnc(-c2ccccc2)c(=O)n1N. The van der Waals surface area contributed by atoms with Crippen molar-refractivity contribution in [1.82, 2.24) is 14.9 Å². The van der Waals surface area contributed by atoms with Gasteiger partial charge in [-0.1, -0.05) is 48.8 Å². The highest BCUT2D eigenvalue weighted by Gasteiger charge is 2.12. The van der Waals surface area contributed by atoms with Gasteiger partial charge in [-0.15, -0.1) is 5.10 Å². The van der Waals surface area contributed by atoms with E-state index in [1.807, 2.05) is 25.1 Å². The van der Waals surface area contributed by atoms with Crippen LogP contribution in [0, 0.1) is 0 Å². The third kappa shape index (κ3) is 2.90. The number of aromatic nitrogens is 3. The Kier molecular flexibility index (Phi) is 4.12. The lowest BCUT2D eigenvalue weighted by Gasteiger charge is -2.08. The topological polar surface area (TPSA) is 83.0 Å². The molecule has 0 atom stereocenters. The van der Waals surface area contributed by atoms with Gasteiger partial charge in [0.25, 0.3) is 0 Å². The van der Waals surface area contributed by atoms with E-state index >= 15 is 0 Å². The quantitative estimate of drug-likeness (QED) is 0.645. The molecule has 1 heterocycles. The Morgan fingerprint density at radius 2 is 2.00 bits per heavy atom. The highest BCUT2D eigenvalue weighted by Crippen LogP contribution is 2.12. The molecule has 0 saturated carbocycles. The van der Waals surface area contributed by atoms with E-state index in [0.29, 0.717) is 12.2 Å². The zero-order chi connectivity index (χ0) is 13.7. The largest absolute Gasteiger partial charge is 0.462 e. The molecule has 0 radical (unpaired) electrons. The summed E-state index contributed by atoms with van der Waals surface area (Å²) in [6.07, 6.45) is 1.86. The number of nitrogens with zero attached hydrogens (tertiary/aromatic N) is 3. The molecule has 0 saturated heterocycles. The van der Waals surface area contributed by atoms with Crippen LogP contribution in [0.3, 0.4) is 0 Å². The average molecular weight is 260 g/mol. The predicted octanol–water partition coefficient (Wildman–Crippen LogP) is 1.20. The van der Waals surface area contributed by atoms with Gasteiger partial charge in [-0.3, -0.25) is 4.79 Å². The van der Waals surface area contributed by atoms with Crippen molar-refractivity contribution in [3.63, 3.8) is 0 Å². The van der Waals surface area contributed by atoms with Crippen LogP contribution in [0.2, 0.25) is 0 Å². The molecule has 2 rings (SSSR count). The fourth-order valence-corrected chi connectivity index (χ4v) is 1.57. The molecule has 6 nitrogen and oxygen atoms in total. The number of hydrogen-bond acceptors (Lipinski definition) is 5. The van der Waals surface area contributed by atoms with Gasteiger partial charge in [-0.05, 0) is 6.42 Å². The molecule has 0 aliphatic rings. The Bertz CT molecular complexity index is 595. The van der Waals surface area contributed by atoms with E-state index in [1.165, 1.54) is 0 Å². The van der Waals surface area contributed by atoms with Crippen LogP contribution >= 0.6 is 0 Å². The summed E-state index contributed by atoms with van der Waals surface area (Å²) in [6.45, 7) is 2.51. The van der Waals surface area contributed by atoms with Crippen LogP contribution in [0.4, 0.5) is 0 Å². The molecule has 0 aliphatic heterocycles. The van der Waals surface area contributed by atoms with Crippen molar-refractivity contribution in [2.24, 2.45) is 0 Å². The molecule has 0 spiro atoms. The van der Waals surface area contributed by atoms with Gasteiger partial charge in [-0.2, -0.15) is 4.68 Å². The molecule has 0 bridgehead atoms. The molecule has 1 aromatic heterocycles. The number of ether oxygens (including phenoxy) is 1. The Balaban J connectivity index is 2.30. The van der Waals surface area contributed by atoms with Crippen LogP contribution in [0.5, 0.6) is 6.01 Å². The maximum absolute atomic E-state index is 12.1. The summed E-state index contributed by atoms with van der Waals surface area (Å²) in [5.41, 5.74) is 0.470. The molecule has 0 unspecified atom stereocenters. The van der Waals surface area contributed by atoms with Gasteiger partial charge in [0.05, 0.1) is 6.61 Å². The maximum Gasteiger partial charge on any atom is 0.337 e. The first-order valence-corrected chi connectivity index (χ1v) is 6.17. The lowest BCUT2D eigenvalue weighted by Crippen LogP contribution is -2.32. The number of nitrogen functional groups attached to an aromatic ring is 1. The summed E-state index contributed by atoms with van der Waals surface area (Å²) < 4.78 is 6.21. The zero-order valence-corrected chi connectivity index (χ0v) is 10.7. The van der Waals surface area contributed by atoms with Crippen molar-refractivity contribution in [3.05, 3.63) is 40.7 Å². The van der Waals surface area contributed by atoms with Gasteiger partial charge in [0.2, 0.25) is 0 Å². The maximum atomic E-state index is 12.1. The number of rotatable bonds is 5. The number of unbranched alkanes of at least 4 members (excludes halogenated alkanes) is 1. The van der Waals surface area contributed by atoms with Gasteiger partial charge in [0.15, 0.2) is 5.69 Å². The first kappa shape index (κ1) is 13.1. The van der Waals surface area contributed by atoms with E-state index in [-0.39, 0.29) is 11.7 Å². The predicted molar refractivity (Wildman–Crippen MR) is 72.3 cm³/mol. The van der Waals surface area contributed by atoms with Crippen molar-refractivity contribution >= 4 is 0 Å². The summed E-state index contributed by atoms with van der Waals surface area (Å²) in [4.78, 5) is 12.1. The zero-order valence-electron chi connectivity index (χ0n) is 10.7. The Morgan fingerprint density at radius 3 is 2.68 bits per heavy atom. The second-order valence-electron chi connectivity index (χ2n) is 4.07. The molecule has 19 heavy (non-hydrogen) atoms. The van der Waals surface area contributed by atoms with Crippen molar-refractivity contribution < 1.29 is 4.74 Å². The molecule has 2 aromatic rings. The number of hydrogen-bond donors (Lipinski definition) is 1. The standard InChI is InChI=1S/C13H16N4O2/c1-2-3-9-19-13-16-15-11(12(18)17(13)14)10-7-5-4-6-8-10/h4-8H,2-3,9,14H2,1H3. The van der Waals surface area contributed by atoms with E-state index in [0.717, 1.165) is 17.5 Å². The van der Waals surface area contributed by atoms with Gasteiger partial charge in [-0.25, -0.2) is 0 Å². The van der Waals surface area contributed by atoms with E-state index in [2.05, 4.69) is 10.2 Å². The minimum absolute atomic E-state index is 0.0399. The number of nitrogens with two attached hydrogens (primary N) is 1. The van der Waals surface area contributed by atoms with Crippen molar-refractivity contribution in [2.75, 3.05) is 12.4 Å². The molecule has 0 amide bonds. The highest BCUT2D eigenvalue weighted by molar-refractivity contribution is 5.57. The molecular weight excluding hydrogens is 244 g/mol. The van der Waals surface area contributed by atoms with Gasteiger partial charge >= 0.3 is 11.6 Å². The second kappa shape index (κ2) is 5.99. The van der Waals surface area contributed by atoms with Crippen LogP contribution in [0.1, 0.15) is 19.8 Å². The van der Waals surface area contributed by atoms with Crippen molar-refractivity contribution in [1.29, 1.82) is 0 Å². The van der Waals surface area contributed by atoms with Gasteiger partial charge in [0.1, 0.15) is 0 Å². The van der Waals surface area contributed by atoms with E-state index in [1.54, 1.807) is 12.1 Å². The smallest absolute Gasteiger partial charge is 0.337 e. The van der Waals surface area contributed by atoms with Crippen molar-refractivity contribution in [3.8, 4) is 17.3 Å². The Morgan fingerprint density at radius 1 is 1.26 bits per heavy atom. The van der Waals surface area contributed by atoms with Crippen LogP contribution in [-0.2, 0) is 0 Å². The summed E-state index contributed by atoms with van der Waals surface area (Å²) in [5.74, 6) is 5.68. The normalized spacial score (nSPS) is 10.4. The van der Waals surface area contributed by atoms with E-state index in [4.69, 9.17) is 10.6 Å². The summed E-state index contributed by atoms with van der Waals surface area (Å²) in [5, 5.41) is 7.75. The van der Waals surface area contributed by atoms with Crippen LogP contribution in [0.25, 0.3) is 11.3 Å². The van der Waals surface area contributed by atoms with Crippen LogP contribution < -0.4 is 16.1 Å². The third-order valence-electron chi connectivity index (χ3n) is 2.64. The fourth-order valence-electron chi connectivity index (χ4n) is 1.57. The number of benzene rings is 1. The third-order valence-corrected chi connectivity index (χ3v) is 2.64. The summed E-state index contributed by atoms with van der Waals surface area (Å²) in [6, 6.07) is 9.11.